The van der Waals surface area contributed by atoms with Crippen LogP contribution in [0.1, 0.15) is 31.4 Å². The molecule has 1 N–H and O–H groups in total. The highest BCUT2D eigenvalue weighted by Gasteiger charge is 2.19. The van der Waals surface area contributed by atoms with Crippen LogP contribution in [0.15, 0.2) is 18.2 Å². The van der Waals surface area contributed by atoms with Gasteiger partial charge in [0.25, 0.3) is 0 Å². The zero-order valence-electron chi connectivity index (χ0n) is 11.2. The van der Waals surface area contributed by atoms with Gasteiger partial charge in [-0.1, -0.05) is 26.0 Å². The third kappa shape index (κ3) is 3.22. The first-order valence-corrected chi connectivity index (χ1v) is 6.50. The van der Waals surface area contributed by atoms with Gasteiger partial charge in [0.2, 0.25) is 0 Å². The molecule has 0 spiro atoms. The Morgan fingerprint density at radius 3 is 2.94 bits per heavy atom. The Bertz CT molecular complexity index is 385. The van der Waals surface area contributed by atoms with Crippen molar-refractivity contribution in [1.29, 1.82) is 0 Å². The minimum atomic E-state index is 0.304. The fraction of sp³-hybridized carbons (Fsp3) is 0.600. The molecule has 0 saturated carbocycles. The maximum atomic E-state index is 5.64. The molecule has 0 unspecified atom stereocenters. The van der Waals surface area contributed by atoms with Crippen molar-refractivity contribution in [2.45, 2.75) is 33.1 Å². The fourth-order valence-electron chi connectivity index (χ4n) is 2.62. The Morgan fingerprint density at radius 2 is 2.18 bits per heavy atom. The van der Waals surface area contributed by atoms with Crippen LogP contribution in [0.4, 0.5) is 0 Å². The van der Waals surface area contributed by atoms with E-state index in [1.807, 2.05) is 7.05 Å². The largest absolute Gasteiger partial charge is 0.493 e. The summed E-state index contributed by atoms with van der Waals surface area (Å²) in [5, 5.41) is 3.27. The number of fused-ring (bicyclic) bond motifs is 1. The molecule has 94 valence electrons. The molecule has 0 saturated heterocycles. The number of rotatable bonds is 4. The summed E-state index contributed by atoms with van der Waals surface area (Å²) in [5.41, 5.74) is 3.11. The number of hydrogen-bond donors (Lipinski definition) is 1. The van der Waals surface area contributed by atoms with E-state index >= 15 is 0 Å². The summed E-state index contributed by atoms with van der Waals surface area (Å²) in [6.07, 6.45) is 3.42. The summed E-state index contributed by atoms with van der Waals surface area (Å²) in [6.45, 7) is 6.52. The van der Waals surface area contributed by atoms with Crippen molar-refractivity contribution in [2.75, 3.05) is 20.2 Å². The van der Waals surface area contributed by atoms with Crippen molar-refractivity contribution in [1.82, 2.24) is 5.32 Å². The van der Waals surface area contributed by atoms with Crippen LogP contribution < -0.4 is 10.1 Å². The Morgan fingerprint density at radius 1 is 1.35 bits per heavy atom. The molecule has 0 fully saturated rings. The summed E-state index contributed by atoms with van der Waals surface area (Å²) in [4.78, 5) is 0. The highest BCUT2D eigenvalue weighted by molar-refractivity contribution is 5.38. The second-order valence-corrected chi connectivity index (χ2v) is 5.77. The summed E-state index contributed by atoms with van der Waals surface area (Å²) in [6, 6.07) is 6.67. The van der Waals surface area contributed by atoms with Crippen LogP contribution in [0.2, 0.25) is 0 Å². The molecule has 0 aliphatic carbocycles. The number of ether oxygens (including phenoxy) is 1. The number of aryl methyl sites for hydroxylation is 1. The van der Waals surface area contributed by atoms with E-state index in [2.05, 4.69) is 37.4 Å². The van der Waals surface area contributed by atoms with E-state index in [1.165, 1.54) is 11.1 Å². The summed E-state index contributed by atoms with van der Waals surface area (Å²) in [7, 11) is 2.02. The van der Waals surface area contributed by atoms with Gasteiger partial charge in [-0.05, 0) is 48.9 Å². The molecular weight excluding hydrogens is 210 g/mol. The summed E-state index contributed by atoms with van der Waals surface area (Å²) < 4.78 is 5.64. The fourth-order valence-corrected chi connectivity index (χ4v) is 2.62. The molecule has 17 heavy (non-hydrogen) atoms. The molecule has 2 rings (SSSR count). The van der Waals surface area contributed by atoms with Crippen molar-refractivity contribution in [3.63, 3.8) is 0 Å². The van der Waals surface area contributed by atoms with Crippen LogP contribution >= 0.6 is 0 Å². The molecular formula is C15H23NO. The maximum absolute atomic E-state index is 5.64. The van der Waals surface area contributed by atoms with Gasteiger partial charge in [-0.2, -0.15) is 0 Å². The van der Waals surface area contributed by atoms with Crippen molar-refractivity contribution >= 4 is 0 Å². The molecule has 0 bridgehead atoms. The van der Waals surface area contributed by atoms with Crippen molar-refractivity contribution in [3.8, 4) is 5.75 Å². The quantitative estimate of drug-likeness (QED) is 0.863. The van der Waals surface area contributed by atoms with Crippen LogP contribution in [-0.2, 0) is 12.8 Å². The van der Waals surface area contributed by atoms with Crippen LogP contribution in [0, 0.1) is 5.41 Å². The minimum absolute atomic E-state index is 0.304. The molecule has 0 radical (unpaired) electrons. The highest BCUT2D eigenvalue weighted by Crippen LogP contribution is 2.28. The van der Waals surface area contributed by atoms with Crippen molar-refractivity contribution < 1.29 is 4.74 Å². The van der Waals surface area contributed by atoms with Gasteiger partial charge in [0.15, 0.2) is 0 Å². The zero-order valence-corrected chi connectivity index (χ0v) is 11.2. The topological polar surface area (TPSA) is 21.3 Å². The molecule has 2 heteroatoms. The molecule has 0 amide bonds. The van der Waals surface area contributed by atoms with Gasteiger partial charge in [-0.15, -0.1) is 0 Å². The monoisotopic (exact) mass is 233 g/mol. The summed E-state index contributed by atoms with van der Waals surface area (Å²) in [5.74, 6) is 1.09. The van der Waals surface area contributed by atoms with Crippen molar-refractivity contribution in [2.24, 2.45) is 5.41 Å². The van der Waals surface area contributed by atoms with Crippen LogP contribution in [0.25, 0.3) is 0 Å². The third-order valence-corrected chi connectivity index (χ3v) is 3.31. The maximum Gasteiger partial charge on any atom is 0.122 e. The molecule has 1 aliphatic heterocycles. The Labute approximate surface area is 104 Å². The van der Waals surface area contributed by atoms with E-state index in [0.29, 0.717) is 5.41 Å². The Kier molecular flexibility index (Phi) is 3.72. The second kappa shape index (κ2) is 5.09. The molecule has 1 aliphatic rings. The molecule has 1 aromatic carbocycles. The lowest BCUT2D eigenvalue weighted by Crippen LogP contribution is -2.28. The number of nitrogens with one attached hydrogen (secondary N) is 1. The normalized spacial score (nSPS) is 15.2. The van der Waals surface area contributed by atoms with Gasteiger partial charge in [0, 0.05) is 6.54 Å². The molecule has 1 heterocycles. The first kappa shape index (κ1) is 12.4. The lowest BCUT2D eigenvalue weighted by molar-refractivity contribution is 0.287. The molecule has 2 nitrogen and oxygen atoms in total. The van der Waals surface area contributed by atoms with E-state index in [9.17, 15) is 0 Å². The van der Waals surface area contributed by atoms with Gasteiger partial charge in [0.1, 0.15) is 5.75 Å². The van der Waals surface area contributed by atoms with Gasteiger partial charge >= 0.3 is 0 Å². The highest BCUT2D eigenvalue weighted by atomic mass is 16.5. The standard InChI is InChI=1S/C15H23NO/c1-15(2,11-16-3)10-12-6-7-14-13(9-12)5-4-8-17-14/h6-7,9,16H,4-5,8,10-11H2,1-3H3. The smallest absolute Gasteiger partial charge is 0.122 e. The van der Waals surface area contributed by atoms with Crippen molar-refractivity contribution in [3.05, 3.63) is 29.3 Å². The second-order valence-electron chi connectivity index (χ2n) is 5.77. The molecule has 0 aromatic heterocycles. The Hall–Kier alpha value is -1.02. The number of benzene rings is 1. The Balaban J connectivity index is 2.11. The van der Waals surface area contributed by atoms with E-state index in [4.69, 9.17) is 4.74 Å². The van der Waals surface area contributed by atoms with Gasteiger partial charge in [-0.25, -0.2) is 0 Å². The van der Waals surface area contributed by atoms with Gasteiger partial charge in [0.05, 0.1) is 6.61 Å². The molecule has 0 atom stereocenters. The lowest BCUT2D eigenvalue weighted by atomic mass is 9.85. The average molecular weight is 233 g/mol. The first-order valence-electron chi connectivity index (χ1n) is 6.50. The average Bonchev–Trinajstić information content (AvgIpc) is 2.28. The van der Waals surface area contributed by atoms with Crippen LogP contribution in [0.3, 0.4) is 0 Å². The first-order chi connectivity index (χ1) is 8.11. The zero-order chi connectivity index (χ0) is 12.3. The van der Waals surface area contributed by atoms with E-state index < -0.39 is 0 Å². The van der Waals surface area contributed by atoms with Gasteiger partial charge in [-0.3, -0.25) is 0 Å². The van der Waals surface area contributed by atoms with E-state index in [-0.39, 0.29) is 0 Å². The van der Waals surface area contributed by atoms with Crippen LogP contribution in [-0.4, -0.2) is 20.2 Å². The van der Waals surface area contributed by atoms with E-state index in [1.54, 1.807) is 0 Å². The van der Waals surface area contributed by atoms with Gasteiger partial charge < -0.3 is 10.1 Å². The van der Waals surface area contributed by atoms with E-state index in [0.717, 1.165) is 38.2 Å². The predicted octanol–water partition coefficient (Wildman–Crippen LogP) is 2.80. The number of hydrogen-bond acceptors (Lipinski definition) is 2. The third-order valence-electron chi connectivity index (χ3n) is 3.31. The molecule has 1 aromatic rings. The van der Waals surface area contributed by atoms with Crippen LogP contribution in [0.5, 0.6) is 5.75 Å². The minimum Gasteiger partial charge on any atom is -0.493 e. The predicted molar refractivity (Wildman–Crippen MR) is 71.7 cm³/mol. The lowest BCUT2D eigenvalue weighted by Gasteiger charge is -2.25. The summed E-state index contributed by atoms with van der Waals surface area (Å²) >= 11 is 0. The SMILES string of the molecule is CNCC(C)(C)Cc1ccc2c(c1)CCCO2.